The summed E-state index contributed by atoms with van der Waals surface area (Å²) >= 11 is 0. The molecule has 2 aliphatic heterocycles. The fraction of sp³-hybridized carbons (Fsp3) is 0.231. The smallest absolute Gasteiger partial charge is 0.250 e. The van der Waals surface area contributed by atoms with E-state index in [2.05, 4.69) is 21.4 Å². The number of halogens is 1. The summed E-state index contributed by atoms with van der Waals surface area (Å²) < 4.78 is 16.0. The number of aromatic hydroxyl groups is 1. The molecule has 174 valence electrons. The Kier molecular flexibility index (Phi) is 4.79. The van der Waals surface area contributed by atoms with Gasteiger partial charge >= 0.3 is 0 Å². The van der Waals surface area contributed by atoms with Gasteiger partial charge < -0.3 is 20.2 Å². The maximum Gasteiger partial charge on any atom is 0.250 e. The van der Waals surface area contributed by atoms with Gasteiger partial charge in [0.25, 0.3) is 5.91 Å². The molecule has 9 heteroatoms. The molecule has 1 fully saturated rings. The predicted molar refractivity (Wildman–Crippen MR) is 131 cm³/mol. The number of nitrogens with zero attached hydrogens (tertiary/aromatic N) is 5. The maximum atomic E-state index is 16.0. The standard InChI is InChI=1S/C26H21FN6O2/c1-32-20-11-31-24-19(25(20)33-13-15(6-7-28)29-12-21(33)26(32)35)10-30-23(22(24)27)18-9-16(34)8-14-4-2-3-5-17(14)18/h2-5,8-11,15,21,29,34H,6,12-13H2,1H3. The zero-order valence-electron chi connectivity index (χ0n) is 18.9. The zero-order chi connectivity index (χ0) is 24.3. The van der Waals surface area contributed by atoms with Crippen LogP contribution in [0.2, 0.25) is 0 Å². The van der Waals surface area contributed by atoms with Crippen LogP contribution in [0.3, 0.4) is 0 Å². The number of phenols is 1. The number of anilines is 2. The van der Waals surface area contributed by atoms with Crippen molar-refractivity contribution in [1.29, 1.82) is 5.26 Å². The summed E-state index contributed by atoms with van der Waals surface area (Å²) in [6, 6.07) is 12.1. The summed E-state index contributed by atoms with van der Waals surface area (Å²) in [7, 11) is 1.68. The first-order chi connectivity index (χ1) is 17.0. The third-order valence-electron chi connectivity index (χ3n) is 6.90. The van der Waals surface area contributed by atoms with E-state index >= 15 is 4.39 Å². The maximum absolute atomic E-state index is 16.0. The monoisotopic (exact) mass is 468 g/mol. The van der Waals surface area contributed by atoms with Crippen molar-refractivity contribution in [1.82, 2.24) is 15.3 Å². The van der Waals surface area contributed by atoms with Crippen LogP contribution in [-0.4, -0.2) is 53.2 Å². The van der Waals surface area contributed by atoms with Crippen molar-refractivity contribution in [3.05, 3.63) is 54.6 Å². The van der Waals surface area contributed by atoms with Gasteiger partial charge in [0.2, 0.25) is 0 Å². The summed E-state index contributed by atoms with van der Waals surface area (Å²) in [5.74, 6) is -0.663. The molecular weight excluding hydrogens is 447 g/mol. The molecule has 0 aliphatic carbocycles. The molecule has 0 spiro atoms. The van der Waals surface area contributed by atoms with E-state index in [1.807, 2.05) is 29.2 Å². The van der Waals surface area contributed by atoms with E-state index in [-0.39, 0.29) is 28.9 Å². The molecule has 1 saturated heterocycles. The number of nitrogens with one attached hydrogen (secondary N) is 1. The van der Waals surface area contributed by atoms with E-state index in [1.54, 1.807) is 24.2 Å². The second-order valence-electron chi connectivity index (χ2n) is 8.92. The van der Waals surface area contributed by atoms with Gasteiger partial charge in [-0.25, -0.2) is 4.39 Å². The quantitative estimate of drug-likeness (QED) is 0.465. The van der Waals surface area contributed by atoms with Gasteiger partial charge in [-0.05, 0) is 22.9 Å². The van der Waals surface area contributed by atoms with Crippen molar-refractivity contribution in [3.8, 4) is 23.1 Å². The predicted octanol–water partition coefficient (Wildman–Crippen LogP) is 3.33. The third kappa shape index (κ3) is 3.18. The fourth-order valence-electron chi connectivity index (χ4n) is 5.20. The van der Waals surface area contributed by atoms with Crippen LogP contribution in [0, 0.1) is 17.1 Å². The van der Waals surface area contributed by atoms with Crippen molar-refractivity contribution in [3.63, 3.8) is 0 Å². The Morgan fingerprint density at radius 1 is 1.23 bits per heavy atom. The van der Waals surface area contributed by atoms with Crippen LogP contribution in [0.5, 0.6) is 5.75 Å². The number of fused-ring (bicyclic) bond motifs is 6. The molecule has 4 aromatic rings. The Hall–Kier alpha value is -4.29. The van der Waals surface area contributed by atoms with E-state index in [1.165, 1.54) is 12.3 Å². The number of piperazine rings is 1. The van der Waals surface area contributed by atoms with E-state index in [9.17, 15) is 15.2 Å². The molecule has 8 nitrogen and oxygen atoms in total. The number of aromatic nitrogens is 2. The average Bonchev–Trinajstić information content (AvgIpc) is 2.86. The first-order valence-electron chi connectivity index (χ1n) is 11.3. The van der Waals surface area contributed by atoms with Gasteiger partial charge in [-0.3, -0.25) is 14.8 Å². The highest BCUT2D eigenvalue weighted by Gasteiger charge is 2.41. The first kappa shape index (κ1) is 21.3. The highest BCUT2D eigenvalue weighted by atomic mass is 19.1. The Balaban J connectivity index is 1.56. The lowest BCUT2D eigenvalue weighted by Crippen LogP contribution is -2.64. The van der Waals surface area contributed by atoms with Gasteiger partial charge in [0.15, 0.2) is 5.82 Å². The van der Waals surface area contributed by atoms with Crippen LogP contribution in [0.1, 0.15) is 6.42 Å². The Labute approximate surface area is 200 Å². The molecule has 2 N–H and O–H groups in total. The minimum Gasteiger partial charge on any atom is -0.508 e. The molecule has 0 bridgehead atoms. The molecular formula is C26H21FN6O2. The van der Waals surface area contributed by atoms with Crippen LogP contribution >= 0.6 is 0 Å². The number of nitriles is 1. The SMILES string of the molecule is CN1C(=O)C2CNC(CC#N)CN2c2c1cnc1c(F)c(-c3cc(O)cc4ccccc34)ncc21. The molecule has 2 unspecified atom stereocenters. The van der Waals surface area contributed by atoms with E-state index in [4.69, 9.17) is 0 Å². The second-order valence-corrected chi connectivity index (χ2v) is 8.92. The van der Waals surface area contributed by atoms with Gasteiger partial charge in [-0.15, -0.1) is 0 Å². The summed E-state index contributed by atoms with van der Waals surface area (Å²) in [6.07, 6.45) is 3.40. The summed E-state index contributed by atoms with van der Waals surface area (Å²) in [4.78, 5) is 25.4. The zero-order valence-corrected chi connectivity index (χ0v) is 18.9. The number of likely N-dealkylation sites (N-methyl/N-ethyl adjacent to an activating group) is 1. The van der Waals surface area contributed by atoms with Crippen LogP contribution in [-0.2, 0) is 4.79 Å². The topological polar surface area (TPSA) is 105 Å². The molecule has 6 rings (SSSR count). The normalized spacial score (nSPS) is 19.5. The summed E-state index contributed by atoms with van der Waals surface area (Å²) in [5, 5.41) is 24.7. The van der Waals surface area contributed by atoms with Crippen molar-refractivity contribution in [2.45, 2.75) is 18.5 Å². The number of benzene rings is 2. The largest absolute Gasteiger partial charge is 0.508 e. The summed E-state index contributed by atoms with van der Waals surface area (Å²) in [6.45, 7) is 0.826. The molecule has 2 aromatic carbocycles. The third-order valence-corrected chi connectivity index (χ3v) is 6.90. The lowest BCUT2D eigenvalue weighted by atomic mass is 9.98. The number of carbonyl (C=O) groups is 1. The number of hydrogen-bond acceptors (Lipinski definition) is 7. The van der Waals surface area contributed by atoms with Crippen LogP contribution < -0.4 is 15.1 Å². The second kappa shape index (κ2) is 7.89. The first-order valence-corrected chi connectivity index (χ1v) is 11.3. The van der Waals surface area contributed by atoms with Crippen molar-refractivity contribution < 1.29 is 14.3 Å². The number of amides is 1. The lowest BCUT2D eigenvalue weighted by molar-refractivity contribution is -0.120. The molecule has 1 amide bonds. The van der Waals surface area contributed by atoms with Gasteiger partial charge in [-0.1, -0.05) is 24.3 Å². The molecule has 35 heavy (non-hydrogen) atoms. The number of carbonyl (C=O) groups excluding carboxylic acids is 1. The number of pyridine rings is 2. The van der Waals surface area contributed by atoms with Crippen molar-refractivity contribution in [2.75, 3.05) is 29.9 Å². The number of rotatable bonds is 2. The van der Waals surface area contributed by atoms with E-state index < -0.39 is 11.9 Å². The average molecular weight is 468 g/mol. The fourth-order valence-corrected chi connectivity index (χ4v) is 5.20. The van der Waals surface area contributed by atoms with Gasteiger partial charge in [-0.2, -0.15) is 5.26 Å². The molecule has 2 aromatic heterocycles. The van der Waals surface area contributed by atoms with Crippen LogP contribution in [0.15, 0.2) is 48.8 Å². The molecule has 2 aliphatic rings. The van der Waals surface area contributed by atoms with E-state index in [0.29, 0.717) is 41.8 Å². The number of hydrogen-bond donors (Lipinski definition) is 2. The molecule has 2 atom stereocenters. The van der Waals surface area contributed by atoms with Crippen LogP contribution in [0.25, 0.3) is 32.9 Å². The molecule has 4 heterocycles. The van der Waals surface area contributed by atoms with Gasteiger partial charge in [0.05, 0.1) is 30.1 Å². The highest BCUT2D eigenvalue weighted by molar-refractivity contribution is 6.12. The minimum absolute atomic E-state index is 0.0192. The van der Waals surface area contributed by atoms with Crippen molar-refractivity contribution >= 4 is 39.0 Å². The number of phenolic OH excluding ortho intramolecular Hbond substituents is 1. The van der Waals surface area contributed by atoms with Crippen LogP contribution in [0.4, 0.5) is 15.8 Å². The summed E-state index contributed by atoms with van der Waals surface area (Å²) in [5.41, 5.74) is 1.97. The minimum atomic E-state index is -0.596. The Morgan fingerprint density at radius 3 is 2.89 bits per heavy atom. The Morgan fingerprint density at radius 2 is 2.06 bits per heavy atom. The molecule has 0 radical (unpaired) electrons. The van der Waals surface area contributed by atoms with Gasteiger partial charge in [0.1, 0.15) is 23.0 Å². The van der Waals surface area contributed by atoms with E-state index in [0.717, 1.165) is 10.8 Å². The van der Waals surface area contributed by atoms with Gasteiger partial charge in [0, 0.05) is 43.3 Å². The highest BCUT2D eigenvalue weighted by Crippen LogP contribution is 2.43. The lowest BCUT2D eigenvalue weighted by Gasteiger charge is -2.46. The molecule has 0 saturated carbocycles. The van der Waals surface area contributed by atoms with Crippen molar-refractivity contribution in [2.24, 2.45) is 0 Å². The Bertz CT molecular complexity index is 1570.